The van der Waals surface area contributed by atoms with E-state index in [1.54, 1.807) is 17.7 Å². The maximum absolute atomic E-state index is 5.83. The smallest absolute Gasteiger partial charge is 0.147 e. The van der Waals surface area contributed by atoms with E-state index in [1.807, 2.05) is 23.6 Å². The molecular weight excluding hydrogens is 282 g/mol. The van der Waals surface area contributed by atoms with Crippen LogP contribution in [-0.2, 0) is 6.42 Å². The first-order chi connectivity index (χ1) is 10.4. The standard InChI is InChI=1S/C16H15N3OS/c1-2-4-14-12(3-1)7-11(9-20-14)8-17-16-15-13(5-6-21-15)18-10-19-16/h1-6,10-11H,7-9H2,(H,17,18,19). The third kappa shape index (κ3) is 2.45. The molecule has 0 saturated carbocycles. The molecule has 1 unspecified atom stereocenters. The average Bonchev–Trinajstić information content (AvgIpc) is 3.02. The number of benzene rings is 1. The largest absolute Gasteiger partial charge is 0.493 e. The van der Waals surface area contributed by atoms with Gasteiger partial charge in [0.25, 0.3) is 0 Å². The number of hydrogen-bond acceptors (Lipinski definition) is 5. The van der Waals surface area contributed by atoms with E-state index in [-0.39, 0.29) is 0 Å². The number of aromatic nitrogens is 2. The van der Waals surface area contributed by atoms with E-state index < -0.39 is 0 Å². The van der Waals surface area contributed by atoms with Crippen LogP contribution in [0.4, 0.5) is 5.82 Å². The van der Waals surface area contributed by atoms with Gasteiger partial charge in [-0.05, 0) is 29.5 Å². The SMILES string of the molecule is c1ccc2c(c1)CC(CNc1ncnc3ccsc13)CO2. The van der Waals surface area contributed by atoms with Gasteiger partial charge in [0.2, 0.25) is 0 Å². The summed E-state index contributed by atoms with van der Waals surface area (Å²) < 4.78 is 6.95. The Morgan fingerprint density at radius 1 is 1.24 bits per heavy atom. The fourth-order valence-corrected chi connectivity index (χ4v) is 3.49. The van der Waals surface area contributed by atoms with E-state index in [1.165, 1.54) is 5.56 Å². The summed E-state index contributed by atoms with van der Waals surface area (Å²) in [7, 11) is 0. The number of hydrogen-bond donors (Lipinski definition) is 1. The lowest BCUT2D eigenvalue weighted by atomic mass is 9.97. The highest BCUT2D eigenvalue weighted by atomic mass is 32.1. The van der Waals surface area contributed by atoms with Crippen LogP contribution in [-0.4, -0.2) is 23.1 Å². The van der Waals surface area contributed by atoms with Gasteiger partial charge in [0.05, 0.1) is 16.8 Å². The lowest BCUT2D eigenvalue weighted by Crippen LogP contribution is -2.27. The molecule has 0 radical (unpaired) electrons. The van der Waals surface area contributed by atoms with Crippen LogP contribution in [0.3, 0.4) is 0 Å². The van der Waals surface area contributed by atoms with Crippen LogP contribution in [0.2, 0.25) is 0 Å². The van der Waals surface area contributed by atoms with Crippen LogP contribution in [0.1, 0.15) is 5.56 Å². The summed E-state index contributed by atoms with van der Waals surface area (Å²) in [5.41, 5.74) is 2.29. The Balaban J connectivity index is 1.47. The van der Waals surface area contributed by atoms with Crippen LogP contribution in [0.15, 0.2) is 42.0 Å². The lowest BCUT2D eigenvalue weighted by molar-refractivity contribution is 0.229. The normalized spacial score (nSPS) is 17.2. The number of anilines is 1. The van der Waals surface area contributed by atoms with Crippen molar-refractivity contribution in [2.75, 3.05) is 18.5 Å². The van der Waals surface area contributed by atoms with Crippen molar-refractivity contribution < 1.29 is 4.74 Å². The molecule has 4 nitrogen and oxygen atoms in total. The lowest BCUT2D eigenvalue weighted by Gasteiger charge is -2.25. The molecule has 21 heavy (non-hydrogen) atoms. The first-order valence-corrected chi connectivity index (χ1v) is 7.91. The summed E-state index contributed by atoms with van der Waals surface area (Å²) in [6, 6.07) is 10.3. The Morgan fingerprint density at radius 2 is 2.19 bits per heavy atom. The molecule has 5 heteroatoms. The summed E-state index contributed by atoms with van der Waals surface area (Å²) in [4.78, 5) is 8.62. The molecule has 0 aliphatic carbocycles. The van der Waals surface area contributed by atoms with Gasteiger partial charge < -0.3 is 10.1 Å². The zero-order chi connectivity index (χ0) is 14.1. The van der Waals surface area contributed by atoms with E-state index in [4.69, 9.17) is 4.74 Å². The summed E-state index contributed by atoms with van der Waals surface area (Å²) >= 11 is 1.67. The molecule has 1 N–H and O–H groups in total. The van der Waals surface area contributed by atoms with Gasteiger partial charge in [-0.25, -0.2) is 9.97 Å². The quantitative estimate of drug-likeness (QED) is 0.805. The third-order valence-corrected chi connectivity index (χ3v) is 4.67. The Bertz CT molecular complexity index is 771. The summed E-state index contributed by atoms with van der Waals surface area (Å²) in [5, 5.41) is 5.50. The molecule has 1 atom stereocenters. The van der Waals surface area contributed by atoms with Gasteiger partial charge in [0, 0.05) is 12.5 Å². The molecule has 0 fully saturated rings. The Hall–Kier alpha value is -2.14. The monoisotopic (exact) mass is 297 g/mol. The van der Waals surface area contributed by atoms with Crippen molar-refractivity contribution in [2.45, 2.75) is 6.42 Å². The van der Waals surface area contributed by atoms with E-state index >= 15 is 0 Å². The molecule has 0 bridgehead atoms. The van der Waals surface area contributed by atoms with Gasteiger partial charge in [-0.3, -0.25) is 0 Å². The van der Waals surface area contributed by atoms with Crippen molar-refractivity contribution in [3.8, 4) is 5.75 Å². The second-order valence-corrected chi connectivity index (χ2v) is 6.14. The molecule has 0 amide bonds. The maximum atomic E-state index is 5.83. The second-order valence-electron chi connectivity index (χ2n) is 5.23. The number of nitrogens with one attached hydrogen (secondary N) is 1. The first-order valence-electron chi connectivity index (χ1n) is 7.03. The van der Waals surface area contributed by atoms with Gasteiger partial charge in [-0.1, -0.05) is 18.2 Å². The average molecular weight is 297 g/mol. The fourth-order valence-electron chi connectivity index (χ4n) is 2.68. The predicted octanol–water partition coefficient (Wildman–Crippen LogP) is 3.35. The van der Waals surface area contributed by atoms with Crippen LogP contribution in [0, 0.1) is 5.92 Å². The number of nitrogens with zero attached hydrogens (tertiary/aromatic N) is 2. The van der Waals surface area contributed by atoms with Crippen LogP contribution in [0.5, 0.6) is 5.75 Å². The number of thiophene rings is 1. The molecule has 4 rings (SSSR count). The van der Waals surface area contributed by atoms with E-state index in [0.717, 1.165) is 41.4 Å². The van der Waals surface area contributed by atoms with E-state index in [0.29, 0.717) is 5.92 Å². The number of ether oxygens (including phenoxy) is 1. The molecule has 2 aromatic heterocycles. The topological polar surface area (TPSA) is 47.0 Å². The van der Waals surface area contributed by atoms with Gasteiger partial charge in [-0.15, -0.1) is 11.3 Å². The van der Waals surface area contributed by atoms with Gasteiger partial charge in [0.15, 0.2) is 0 Å². The van der Waals surface area contributed by atoms with Crippen molar-refractivity contribution in [3.63, 3.8) is 0 Å². The first kappa shape index (κ1) is 12.6. The van der Waals surface area contributed by atoms with E-state index in [2.05, 4.69) is 27.4 Å². The maximum Gasteiger partial charge on any atom is 0.147 e. The van der Waals surface area contributed by atoms with Crippen LogP contribution in [0.25, 0.3) is 10.2 Å². The van der Waals surface area contributed by atoms with Crippen LogP contribution < -0.4 is 10.1 Å². The summed E-state index contributed by atoms with van der Waals surface area (Å²) in [6.45, 7) is 1.61. The Labute approximate surface area is 126 Å². The zero-order valence-corrected chi connectivity index (χ0v) is 12.3. The minimum absolute atomic E-state index is 0.463. The highest BCUT2D eigenvalue weighted by Gasteiger charge is 2.19. The molecular formula is C16H15N3OS. The zero-order valence-electron chi connectivity index (χ0n) is 11.5. The molecule has 1 aliphatic heterocycles. The number of fused-ring (bicyclic) bond motifs is 2. The van der Waals surface area contributed by atoms with Crippen molar-refractivity contribution in [2.24, 2.45) is 5.92 Å². The highest BCUT2D eigenvalue weighted by molar-refractivity contribution is 7.17. The minimum Gasteiger partial charge on any atom is -0.493 e. The van der Waals surface area contributed by atoms with E-state index in [9.17, 15) is 0 Å². The molecule has 0 spiro atoms. The Morgan fingerprint density at radius 3 is 3.19 bits per heavy atom. The molecule has 0 saturated heterocycles. The number of para-hydroxylation sites is 1. The summed E-state index contributed by atoms with van der Waals surface area (Å²) in [5.74, 6) is 2.41. The van der Waals surface area contributed by atoms with Crippen LogP contribution >= 0.6 is 11.3 Å². The second kappa shape index (κ2) is 5.33. The minimum atomic E-state index is 0.463. The fraction of sp³-hybridized carbons (Fsp3) is 0.250. The Kier molecular flexibility index (Phi) is 3.20. The van der Waals surface area contributed by atoms with Crippen molar-refractivity contribution >= 4 is 27.4 Å². The summed E-state index contributed by atoms with van der Waals surface area (Å²) in [6.07, 6.45) is 2.66. The van der Waals surface area contributed by atoms with Gasteiger partial charge >= 0.3 is 0 Å². The van der Waals surface area contributed by atoms with Gasteiger partial charge in [-0.2, -0.15) is 0 Å². The molecule has 1 aromatic carbocycles. The molecule has 106 valence electrons. The predicted molar refractivity (Wildman–Crippen MR) is 85.0 cm³/mol. The van der Waals surface area contributed by atoms with Crippen molar-refractivity contribution in [1.82, 2.24) is 9.97 Å². The number of rotatable bonds is 3. The van der Waals surface area contributed by atoms with Gasteiger partial charge in [0.1, 0.15) is 17.9 Å². The van der Waals surface area contributed by atoms with Crippen molar-refractivity contribution in [1.29, 1.82) is 0 Å². The third-order valence-electron chi connectivity index (χ3n) is 3.76. The molecule has 1 aliphatic rings. The molecule has 3 heterocycles. The highest BCUT2D eigenvalue weighted by Crippen LogP contribution is 2.28. The molecule has 3 aromatic rings. The van der Waals surface area contributed by atoms with Crippen molar-refractivity contribution in [3.05, 3.63) is 47.6 Å².